The molecule has 0 heterocycles. The lowest BCUT2D eigenvalue weighted by Gasteiger charge is -2.41. The van der Waals surface area contributed by atoms with E-state index in [0.29, 0.717) is 12.8 Å². The topological polar surface area (TPSA) is 29.5 Å². The van der Waals surface area contributed by atoms with Gasteiger partial charge in [0.25, 0.3) is 0 Å². The minimum atomic E-state index is -0.393. The van der Waals surface area contributed by atoms with Gasteiger partial charge in [-0.3, -0.25) is 0 Å². The maximum Gasteiger partial charge on any atom is 0.0703 e. The van der Waals surface area contributed by atoms with E-state index in [1.165, 1.54) is 6.42 Å². The van der Waals surface area contributed by atoms with Crippen molar-refractivity contribution >= 4 is 0 Å². The molecule has 1 fully saturated rings. The third kappa shape index (κ3) is 2.00. The molecular weight excluding hydrogens is 152 g/mol. The van der Waals surface area contributed by atoms with Crippen molar-refractivity contribution in [2.45, 2.75) is 43.8 Å². The summed E-state index contributed by atoms with van der Waals surface area (Å²) < 4.78 is 5.36. The van der Waals surface area contributed by atoms with Crippen molar-refractivity contribution in [1.82, 2.24) is 0 Å². The Balaban J connectivity index is 2.33. The van der Waals surface area contributed by atoms with Crippen LogP contribution in [-0.2, 0) is 4.74 Å². The summed E-state index contributed by atoms with van der Waals surface area (Å²) in [7, 11) is 1.71. The van der Waals surface area contributed by atoms with E-state index < -0.39 is 6.10 Å². The summed E-state index contributed by atoms with van der Waals surface area (Å²) in [6.45, 7) is 0. The van der Waals surface area contributed by atoms with Crippen molar-refractivity contribution < 1.29 is 9.84 Å². The molecule has 0 saturated heterocycles. The summed E-state index contributed by atoms with van der Waals surface area (Å²) in [5, 5.41) is 9.46. The van der Waals surface area contributed by atoms with Crippen molar-refractivity contribution in [3.05, 3.63) is 0 Å². The van der Waals surface area contributed by atoms with Crippen LogP contribution in [0, 0.1) is 12.3 Å². The Labute approximate surface area is 73.9 Å². The molecule has 1 rings (SSSR count). The molecule has 0 aromatic rings. The van der Waals surface area contributed by atoms with Gasteiger partial charge in [0.2, 0.25) is 0 Å². The average molecular weight is 168 g/mol. The number of methoxy groups -OCH3 is 1. The minimum absolute atomic E-state index is 0.0593. The lowest BCUT2D eigenvalue weighted by molar-refractivity contribution is -0.0983. The van der Waals surface area contributed by atoms with E-state index in [4.69, 9.17) is 11.2 Å². The van der Waals surface area contributed by atoms with Gasteiger partial charge in [-0.15, -0.1) is 12.3 Å². The molecule has 0 spiro atoms. The molecule has 1 N–H and O–H groups in total. The highest BCUT2D eigenvalue weighted by atomic mass is 16.5. The fourth-order valence-electron chi connectivity index (χ4n) is 1.70. The quantitative estimate of drug-likeness (QED) is 0.642. The zero-order chi connectivity index (χ0) is 9.03. The second kappa shape index (κ2) is 3.93. The van der Waals surface area contributed by atoms with Gasteiger partial charge in [-0.1, -0.05) is 0 Å². The van der Waals surface area contributed by atoms with Crippen LogP contribution in [0.25, 0.3) is 0 Å². The Morgan fingerprint density at radius 2 is 2.33 bits per heavy atom. The van der Waals surface area contributed by atoms with Gasteiger partial charge in [-0.05, 0) is 19.3 Å². The number of aliphatic hydroxyl groups is 1. The molecule has 1 unspecified atom stereocenters. The van der Waals surface area contributed by atoms with Crippen LogP contribution in [0.1, 0.15) is 32.1 Å². The number of ether oxygens (including phenoxy) is 1. The van der Waals surface area contributed by atoms with Crippen molar-refractivity contribution in [3.8, 4) is 12.3 Å². The van der Waals surface area contributed by atoms with Crippen LogP contribution in [0.2, 0.25) is 0 Å². The number of hydrogen-bond acceptors (Lipinski definition) is 2. The standard InChI is InChI=1S/C10H16O2/c1-3-5-9(11)8-10(12-2)6-4-7-10/h1,9,11H,4-8H2,2H3. The fourth-order valence-corrected chi connectivity index (χ4v) is 1.70. The molecule has 0 aliphatic heterocycles. The maximum atomic E-state index is 9.46. The second-order valence-electron chi connectivity index (χ2n) is 3.51. The number of rotatable bonds is 4. The lowest BCUT2D eigenvalue weighted by atomic mass is 9.76. The molecule has 1 aliphatic carbocycles. The smallest absolute Gasteiger partial charge is 0.0703 e. The molecule has 1 atom stereocenters. The molecule has 2 nitrogen and oxygen atoms in total. The Kier molecular flexibility index (Phi) is 3.13. The summed E-state index contributed by atoms with van der Waals surface area (Å²) >= 11 is 0. The zero-order valence-corrected chi connectivity index (χ0v) is 7.55. The van der Waals surface area contributed by atoms with Crippen LogP contribution in [0.5, 0.6) is 0 Å². The Hall–Kier alpha value is -0.520. The molecule has 2 heteroatoms. The highest BCUT2D eigenvalue weighted by molar-refractivity contribution is 4.95. The Bertz CT molecular complexity index is 171. The molecule has 0 aromatic heterocycles. The van der Waals surface area contributed by atoms with E-state index in [1.807, 2.05) is 0 Å². The first kappa shape index (κ1) is 9.57. The van der Waals surface area contributed by atoms with Gasteiger partial charge in [0.15, 0.2) is 0 Å². The predicted molar refractivity (Wildman–Crippen MR) is 47.7 cm³/mol. The Morgan fingerprint density at radius 3 is 2.67 bits per heavy atom. The summed E-state index contributed by atoms with van der Waals surface area (Å²) in [6.07, 6.45) is 9.16. The number of hydrogen-bond donors (Lipinski definition) is 1. The molecular formula is C10H16O2. The number of aliphatic hydroxyl groups excluding tert-OH is 1. The van der Waals surface area contributed by atoms with E-state index in [0.717, 1.165) is 12.8 Å². The summed E-state index contributed by atoms with van der Waals surface area (Å²) in [5.41, 5.74) is -0.0593. The third-order valence-electron chi connectivity index (χ3n) is 2.66. The summed E-state index contributed by atoms with van der Waals surface area (Å²) in [4.78, 5) is 0. The first-order chi connectivity index (χ1) is 5.72. The molecule has 0 aromatic carbocycles. The summed E-state index contributed by atoms with van der Waals surface area (Å²) in [6, 6.07) is 0. The van der Waals surface area contributed by atoms with Crippen LogP contribution >= 0.6 is 0 Å². The van der Waals surface area contributed by atoms with Crippen LogP contribution in [0.3, 0.4) is 0 Å². The summed E-state index contributed by atoms with van der Waals surface area (Å²) in [5.74, 6) is 2.46. The average Bonchev–Trinajstić information content (AvgIpc) is 1.97. The van der Waals surface area contributed by atoms with E-state index in [9.17, 15) is 5.11 Å². The van der Waals surface area contributed by atoms with Crippen LogP contribution in [0.4, 0.5) is 0 Å². The molecule has 0 radical (unpaired) electrons. The molecule has 0 bridgehead atoms. The van der Waals surface area contributed by atoms with Gasteiger partial charge in [-0.25, -0.2) is 0 Å². The van der Waals surface area contributed by atoms with Crippen molar-refractivity contribution in [2.24, 2.45) is 0 Å². The van der Waals surface area contributed by atoms with Gasteiger partial charge in [0.05, 0.1) is 11.7 Å². The molecule has 0 amide bonds. The van der Waals surface area contributed by atoms with E-state index in [1.54, 1.807) is 7.11 Å². The SMILES string of the molecule is C#CCC(O)CC1(OC)CCC1. The van der Waals surface area contributed by atoms with Crippen molar-refractivity contribution in [1.29, 1.82) is 0 Å². The van der Waals surface area contributed by atoms with Gasteiger partial charge in [-0.2, -0.15) is 0 Å². The Morgan fingerprint density at radius 1 is 1.67 bits per heavy atom. The monoisotopic (exact) mass is 168 g/mol. The highest BCUT2D eigenvalue weighted by Gasteiger charge is 2.38. The lowest BCUT2D eigenvalue weighted by Crippen LogP contribution is -2.42. The molecule has 12 heavy (non-hydrogen) atoms. The minimum Gasteiger partial charge on any atom is -0.392 e. The van der Waals surface area contributed by atoms with Gasteiger partial charge >= 0.3 is 0 Å². The normalized spacial score (nSPS) is 22.4. The van der Waals surface area contributed by atoms with Crippen molar-refractivity contribution in [3.63, 3.8) is 0 Å². The highest BCUT2D eigenvalue weighted by Crippen LogP contribution is 2.39. The van der Waals surface area contributed by atoms with Crippen LogP contribution in [0.15, 0.2) is 0 Å². The largest absolute Gasteiger partial charge is 0.392 e. The zero-order valence-electron chi connectivity index (χ0n) is 7.55. The van der Waals surface area contributed by atoms with E-state index in [2.05, 4.69) is 5.92 Å². The first-order valence-electron chi connectivity index (χ1n) is 4.39. The van der Waals surface area contributed by atoms with E-state index in [-0.39, 0.29) is 5.60 Å². The number of terminal acetylenes is 1. The van der Waals surface area contributed by atoms with Crippen LogP contribution < -0.4 is 0 Å². The first-order valence-corrected chi connectivity index (χ1v) is 4.39. The van der Waals surface area contributed by atoms with Gasteiger partial charge < -0.3 is 9.84 Å². The van der Waals surface area contributed by atoms with Crippen molar-refractivity contribution in [2.75, 3.05) is 7.11 Å². The third-order valence-corrected chi connectivity index (χ3v) is 2.66. The second-order valence-corrected chi connectivity index (χ2v) is 3.51. The molecule has 1 aliphatic rings. The van der Waals surface area contributed by atoms with Gasteiger partial charge in [0, 0.05) is 20.0 Å². The predicted octanol–water partition coefficient (Wildman–Crippen LogP) is 1.33. The van der Waals surface area contributed by atoms with Crippen LogP contribution in [-0.4, -0.2) is 23.9 Å². The fraction of sp³-hybridized carbons (Fsp3) is 0.800. The maximum absolute atomic E-state index is 9.46. The van der Waals surface area contributed by atoms with Gasteiger partial charge in [0.1, 0.15) is 0 Å². The molecule has 68 valence electrons. The molecule has 1 saturated carbocycles. The van der Waals surface area contributed by atoms with E-state index >= 15 is 0 Å².